The van der Waals surface area contributed by atoms with Gasteiger partial charge in [-0.05, 0) is 56.2 Å². The standard InChI is InChI=1S/C18H19Cl3N2O4S2/c1-12-4-2-3-9-23(12)29(26,27)14-7-5-13(6-8-14)22-28(24,25)18-11-16(20)15(19)10-17(18)21/h5-8,10-12,22H,2-4,9H2,1H3. The molecule has 1 fully saturated rings. The van der Waals surface area contributed by atoms with Gasteiger partial charge in [-0.1, -0.05) is 41.2 Å². The van der Waals surface area contributed by atoms with Gasteiger partial charge < -0.3 is 0 Å². The van der Waals surface area contributed by atoms with Crippen molar-refractivity contribution in [1.82, 2.24) is 4.31 Å². The second-order valence-corrected chi connectivity index (χ2v) is 11.6. The first kappa shape index (κ1) is 22.7. The molecule has 0 bridgehead atoms. The number of hydrogen-bond acceptors (Lipinski definition) is 4. The highest BCUT2D eigenvalue weighted by Crippen LogP contribution is 2.33. The van der Waals surface area contributed by atoms with Crippen molar-refractivity contribution in [2.45, 2.75) is 42.0 Å². The third-order valence-corrected chi connectivity index (χ3v) is 9.32. The Morgan fingerprint density at radius 1 is 0.931 bits per heavy atom. The van der Waals surface area contributed by atoms with E-state index in [1.807, 2.05) is 6.92 Å². The maximum Gasteiger partial charge on any atom is 0.263 e. The number of piperidine rings is 1. The molecule has 0 amide bonds. The topological polar surface area (TPSA) is 83.6 Å². The van der Waals surface area contributed by atoms with Crippen LogP contribution in [-0.4, -0.2) is 33.7 Å². The number of nitrogens with zero attached hydrogens (tertiary/aromatic N) is 1. The van der Waals surface area contributed by atoms with Gasteiger partial charge in [-0.2, -0.15) is 4.31 Å². The lowest BCUT2D eigenvalue weighted by atomic mass is 10.1. The van der Waals surface area contributed by atoms with Gasteiger partial charge in [0.15, 0.2) is 0 Å². The van der Waals surface area contributed by atoms with Gasteiger partial charge in [-0.15, -0.1) is 0 Å². The molecular weight excluding hydrogens is 479 g/mol. The monoisotopic (exact) mass is 496 g/mol. The molecule has 1 N–H and O–H groups in total. The lowest BCUT2D eigenvalue weighted by Crippen LogP contribution is -2.41. The first-order chi connectivity index (χ1) is 13.5. The molecule has 0 saturated carbocycles. The zero-order valence-electron chi connectivity index (χ0n) is 15.4. The number of hydrogen-bond donors (Lipinski definition) is 1. The van der Waals surface area contributed by atoms with E-state index < -0.39 is 20.0 Å². The Balaban J connectivity index is 1.84. The van der Waals surface area contributed by atoms with Crippen molar-refractivity contribution >= 4 is 60.5 Å². The molecule has 1 aliphatic heterocycles. The largest absolute Gasteiger partial charge is 0.280 e. The molecule has 0 aromatic heterocycles. The van der Waals surface area contributed by atoms with Gasteiger partial charge in [0.1, 0.15) is 4.90 Å². The summed E-state index contributed by atoms with van der Waals surface area (Å²) in [6, 6.07) is 7.88. The van der Waals surface area contributed by atoms with Gasteiger partial charge in [-0.25, -0.2) is 16.8 Å². The van der Waals surface area contributed by atoms with Crippen molar-refractivity contribution < 1.29 is 16.8 Å². The molecule has 1 atom stereocenters. The van der Waals surface area contributed by atoms with Gasteiger partial charge in [-0.3, -0.25) is 4.72 Å². The van der Waals surface area contributed by atoms with Crippen LogP contribution in [0.15, 0.2) is 46.2 Å². The van der Waals surface area contributed by atoms with Crippen LogP contribution in [0.4, 0.5) is 5.69 Å². The van der Waals surface area contributed by atoms with Gasteiger partial charge >= 0.3 is 0 Å². The third kappa shape index (κ3) is 4.84. The summed E-state index contributed by atoms with van der Waals surface area (Å²) < 4.78 is 54.9. The second kappa shape index (κ2) is 8.61. The Hall–Kier alpha value is -1.03. The summed E-state index contributed by atoms with van der Waals surface area (Å²) in [7, 11) is -7.68. The van der Waals surface area contributed by atoms with Crippen molar-refractivity contribution in [3.63, 3.8) is 0 Å². The van der Waals surface area contributed by atoms with Gasteiger partial charge in [0.2, 0.25) is 10.0 Å². The van der Waals surface area contributed by atoms with E-state index in [2.05, 4.69) is 4.72 Å². The van der Waals surface area contributed by atoms with Crippen LogP contribution in [-0.2, 0) is 20.0 Å². The molecule has 11 heteroatoms. The Morgan fingerprint density at radius 3 is 2.17 bits per heavy atom. The maximum absolute atomic E-state index is 12.9. The van der Waals surface area contributed by atoms with Crippen molar-refractivity contribution in [1.29, 1.82) is 0 Å². The number of sulfonamides is 2. The first-order valence-corrected chi connectivity index (χ1v) is 12.9. The normalized spacial score (nSPS) is 18.6. The summed E-state index contributed by atoms with van der Waals surface area (Å²) in [5.74, 6) is 0. The number of benzene rings is 2. The minimum atomic E-state index is -4.05. The minimum absolute atomic E-state index is 0.0496. The minimum Gasteiger partial charge on any atom is -0.280 e. The summed E-state index contributed by atoms with van der Waals surface area (Å²) >= 11 is 17.7. The summed E-state index contributed by atoms with van der Waals surface area (Å²) in [5, 5.41) is 0.107. The van der Waals surface area contributed by atoms with Crippen LogP contribution >= 0.6 is 34.8 Å². The molecule has 2 aromatic rings. The smallest absolute Gasteiger partial charge is 0.263 e. The molecule has 0 aliphatic carbocycles. The summed E-state index contributed by atoms with van der Waals surface area (Å²) in [6.07, 6.45) is 2.65. The van der Waals surface area contributed by atoms with E-state index in [0.29, 0.717) is 6.54 Å². The average Bonchev–Trinajstić information content (AvgIpc) is 2.65. The molecule has 1 unspecified atom stereocenters. The lowest BCUT2D eigenvalue weighted by molar-refractivity contribution is 0.268. The van der Waals surface area contributed by atoms with Crippen molar-refractivity contribution in [2.24, 2.45) is 0 Å². The fourth-order valence-electron chi connectivity index (χ4n) is 3.18. The summed E-state index contributed by atoms with van der Waals surface area (Å²) in [6.45, 7) is 2.37. The third-order valence-electron chi connectivity index (χ3n) is 4.72. The van der Waals surface area contributed by atoms with Crippen LogP contribution < -0.4 is 4.72 Å². The Labute approximate surface area is 185 Å². The maximum atomic E-state index is 12.9. The summed E-state index contributed by atoms with van der Waals surface area (Å²) in [4.78, 5) is -0.117. The van der Waals surface area contributed by atoms with Crippen molar-refractivity contribution in [2.75, 3.05) is 11.3 Å². The van der Waals surface area contributed by atoms with Crippen LogP contribution in [0.1, 0.15) is 26.2 Å². The molecule has 0 radical (unpaired) electrons. The van der Waals surface area contributed by atoms with Crippen molar-refractivity contribution in [3.8, 4) is 0 Å². The molecule has 3 rings (SSSR count). The quantitative estimate of drug-likeness (QED) is 0.589. The predicted molar refractivity (Wildman–Crippen MR) is 116 cm³/mol. The van der Waals surface area contributed by atoms with Crippen LogP contribution in [0.25, 0.3) is 0 Å². The molecule has 0 spiro atoms. The Kier molecular flexibility index (Phi) is 6.72. The van der Waals surface area contributed by atoms with E-state index in [0.717, 1.165) is 25.3 Å². The zero-order valence-corrected chi connectivity index (χ0v) is 19.3. The van der Waals surface area contributed by atoms with Gasteiger partial charge in [0, 0.05) is 18.3 Å². The van der Waals surface area contributed by atoms with E-state index >= 15 is 0 Å². The van der Waals surface area contributed by atoms with Crippen LogP contribution in [0.2, 0.25) is 15.1 Å². The number of nitrogens with one attached hydrogen (secondary N) is 1. The number of rotatable bonds is 5. The SMILES string of the molecule is CC1CCCCN1S(=O)(=O)c1ccc(NS(=O)(=O)c2cc(Cl)c(Cl)cc2Cl)cc1. The van der Waals surface area contributed by atoms with E-state index in [1.54, 1.807) is 0 Å². The fourth-order valence-corrected chi connectivity index (χ4v) is 6.94. The molecule has 6 nitrogen and oxygen atoms in total. The molecule has 158 valence electrons. The zero-order chi connectivity index (χ0) is 21.4. The van der Waals surface area contributed by atoms with E-state index in [9.17, 15) is 16.8 Å². The highest BCUT2D eigenvalue weighted by molar-refractivity contribution is 7.92. The Bertz CT molecular complexity index is 1120. The Morgan fingerprint density at radius 2 is 1.55 bits per heavy atom. The average molecular weight is 498 g/mol. The fraction of sp³-hybridized carbons (Fsp3) is 0.333. The van der Waals surface area contributed by atoms with Crippen LogP contribution in [0, 0.1) is 0 Å². The molecule has 1 aliphatic rings. The summed E-state index contributed by atoms with van der Waals surface area (Å²) in [5.41, 5.74) is 0.192. The van der Waals surface area contributed by atoms with Crippen molar-refractivity contribution in [3.05, 3.63) is 51.5 Å². The molecule has 2 aromatic carbocycles. The van der Waals surface area contributed by atoms with Gasteiger partial charge in [0.25, 0.3) is 10.0 Å². The second-order valence-electron chi connectivity index (χ2n) is 6.79. The molecule has 29 heavy (non-hydrogen) atoms. The van der Waals surface area contributed by atoms with Gasteiger partial charge in [0.05, 0.1) is 20.0 Å². The first-order valence-electron chi connectivity index (χ1n) is 8.81. The molecule has 1 heterocycles. The number of anilines is 1. The predicted octanol–water partition coefficient (Wildman–Crippen LogP) is 5.01. The van der Waals surface area contributed by atoms with E-state index in [4.69, 9.17) is 34.8 Å². The van der Waals surface area contributed by atoms with Crippen LogP contribution in [0.5, 0.6) is 0 Å². The lowest BCUT2D eigenvalue weighted by Gasteiger charge is -2.32. The van der Waals surface area contributed by atoms with Crippen LogP contribution in [0.3, 0.4) is 0 Å². The highest BCUT2D eigenvalue weighted by atomic mass is 35.5. The highest BCUT2D eigenvalue weighted by Gasteiger charge is 2.31. The van der Waals surface area contributed by atoms with E-state index in [-0.39, 0.29) is 36.6 Å². The molecule has 1 saturated heterocycles. The number of halogens is 3. The van der Waals surface area contributed by atoms with E-state index in [1.165, 1.54) is 34.6 Å². The molecular formula is C18H19Cl3N2O4S2.